The molecule has 2 aromatic rings. The van der Waals surface area contributed by atoms with Crippen LogP contribution >= 0.6 is 23.2 Å². The third-order valence-electron chi connectivity index (χ3n) is 2.30. The summed E-state index contributed by atoms with van der Waals surface area (Å²) in [6.07, 6.45) is 0. The van der Waals surface area contributed by atoms with Crippen molar-refractivity contribution in [2.45, 2.75) is 6.61 Å². The summed E-state index contributed by atoms with van der Waals surface area (Å²) in [5.41, 5.74) is 1.20. The van der Waals surface area contributed by atoms with Crippen molar-refractivity contribution in [2.75, 3.05) is 0 Å². The Kier molecular flexibility index (Phi) is 3.62. The van der Waals surface area contributed by atoms with Crippen LogP contribution in [0.25, 0.3) is 11.1 Å². The number of aliphatic hydroxyl groups is 1. The maximum atomic E-state index is 13.7. The van der Waals surface area contributed by atoms with Crippen molar-refractivity contribution < 1.29 is 9.50 Å². The van der Waals surface area contributed by atoms with Crippen LogP contribution in [0.2, 0.25) is 10.0 Å². The average Bonchev–Trinajstić information content (AvgIpc) is 2.32. The van der Waals surface area contributed by atoms with Crippen LogP contribution in [0.15, 0.2) is 30.3 Å². The van der Waals surface area contributed by atoms with E-state index in [2.05, 4.69) is 4.98 Å². The number of hydrogen-bond acceptors (Lipinski definition) is 2. The molecule has 0 radical (unpaired) electrons. The number of benzene rings is 1. The van der Waals surface area contributed by atoms with Gasteiger partial charge in [0, 0.05) is 5.56 Å². The average molecular weight is 272 g/mol. The second-order valence-corrected chi connectivity index (χ2v) is 4.24. The van der Waals surface area contributed by atoms with E-state index >= 15 is 0 Å². The van der Waals surface area contributed by atoms with Crippen molar-refractivity contribution in [1.29, 1.82) is 0 Å². The molecule has 0 saturated carbocycles. The molecular formula is C12H8Cl2FNO. The molecule has 0 amide bonds. The summed E-state index contributed by atoms with van der Waals surface area (Å²) in [4.78, 5) is 3.63. The van der Waals surface area contributed by atoms with E-state index in [-0.39, 0.29) is 12.3 Å². The van der Waals surface area contributed by atoms with E-state index in [1.807, 2.05) is 0 Å². The first-order valence-electron chi connectivity index (χ1n) is 4.83. The minimum atomic E-state index is -0.644. The third kappa shape index (κ3) is 2.57. The van der Waals surface area contributed by atoms with Crippen LogP contribution in [0.4, 0.5) is 4.39 Å². The lowest BCUT2D eigenvalue weighted by molar-refractivity contribution is 0.275. The molecule has 1 heterocycles. The van der Waals surface area contributed by atoms with Gasteiger partial charge in [-0.1, -0.05) is 29.3 Å². The number of pyridine rings is 1. The molecular weight excluding hydrogens is 264 g/mol. The fourth-order valence-corrected chi connectivity index (χ4v) is 1.74. The highest BCUT2D eigenvalue weighted by molar-refractivity contribution is 6.42. The van der Waals surface area contributed by atoms with Gasteiger partial charge in [0.25, 0.3) is 0 Å². The molecule has 1 aromatic carbocycles. The molecule has 0 aliphatic rings. The standard InChI is InChI=1S/C12H8Cl2FNO/c13-10-4-1-7(5-11(10)14)9-3-2-8(6-17)16-12(9)15/h1-5,17H,6H2. The van der Waals surface area contributed by atoms with Gasteiger partial charge in [0.2, 0.25) is 5.95 Å². The molecule has 0 saturated heterocycles. The fraction of sp³-hybridized carbons (Fsp3) is 0.0833. The van der Waals surface area contributed by atoms with Crippen molar-refractivity contribution in [1.82, 2.24) is 4.98 Å². The summed E-state index contributed by atoms with van der Waals surface area (Å²) < 4.78 is 13.7. The van der Waals surface area contributed by atoms with Gasteiger partial charge < -0.3 is 5.11 Å². The van der Waals surface area contributed by atoms with Crippen LogP contribution in [0, 0.1) is 5.95 Å². The second-order valence-electron chi connectivity index (χ2n) is 3.43. The zero-order valence-electron chi connectivity index (χ0n) is 8.62. The van der Waals surface area contributed by atoms with Gasteiger partial charge in [0.1, 0.15) is 0 Å². The monoisotopic (exact) mass is 271 g/mol. The molecule has 0 aliphatic carbocycles. The number of hydrogen-bond donors (Lipinski definition) is 1. The van der Waals surface area contributed by atoms with Crippen LogP contribution < -0.4 is 0 Å². The number of nitrogens with zero attached hydrogens (tertiary/aromatic N) is 1. The minimum absolute atomic E-state index is 0.284. The smallest absolute Gasteiger partial charge is 0.221 e. The summed E-state index contributed by atoms with van der Waals surface area (Å²) in [5, 5.41) is 9.61. The molecule has 0 atom stereocenters. The number of halogens is 3. The van der Waals surface area contributed by atoms with Crippen LogP contribution in [-0.2, 0) is 6.61 Å². The molecule has 0 spiro atoms. The summed E-state index contributed by atoms with van der Waals surface area (Å²) in [7, 11) is 0. The molecule has 0 aliphatic heterocycles. The Morgan fingerprint density at radius 1 is 1.12 bits per heavy atom. The summed E-state index contributed by atoms with van der Waals surface area (Å²) in [6, 6.07) is 7.93. The van der Waals surface area contributed by atoms with Crippen molar-refractivity contribution in [3.8, 4) is 11.1 Å². The molecule has 17 heavy (non-hydrogen) atoms. The number of rotatable bonds is 2. The van der Waals surface area contributed by atoms with Crippen LogP contribution in [0.5, 0.6) is 0 Å². The van der Waals surface area contributed by atoms with Crippen LogP contribution in [-0.4, -0.2) is 10.1 Å². The third-order valence-corrected chi connectivity index (χ3v) is 3.04. The molecule has 5 heteroatoms. The first-order chi connectivity index (χ1) is 8.11. The van der Waals surface area contributed by atoms with Gasteiger partial charge in [-0.2, -0.15) is 4.39 Å². The molecule has 1 N–H and O–H groups in total. The van der Waals surface area contributed by atoms with E-state index in [0.29, 0.717) is 21.2 Å². The van der Waals surface area contributed by atoms with Crippen molar-refractivity contribution >= 4 is 23.2 Å². The Balaban J connectivity index is 2.49. The van der Waals surface area contributed by atoms with Crippen molar-refractivity contribution in [3.05, 3.63) is 52.0 Å². The van der Waals surface area contributed by atoms with Gasteiger partial charge in [0.05, 0.1) is 22.3 Å². The summed E-state index contributed by atoms with van der Waals surface area (Å²) in [6.45, 7) is -0.293. The highest BCUT2D eigenvalue weighted by Gasteiger charge is 2.09. The first-order valence-corrected chi connectivity index (χ1v) is 5.59. The quantitative estimate of drug-likeness (QED) is 0.846. The zero-order valence-corrected chi connectivity index (χ0v) is 10.1. The largest absolute Gasteiger partial charge is 0.390 e. The predicted octanol–water partition coefficient (Wildman–Crippen LogP) is 3.69. The Hall–Kier alpha value is -1.16. The number of aliphatic hydroxyl groups excluding tert-OH is 1. The van der Waals surface area contributed by atoms with Gasteiger partial charge >= 0.3 is 0 Å². The lowest BCUT2D eigenvalue weighted by Gasteiger charge is -2.05. The Bertz CT molecular complexity index is 560. The van der Waals surface area contributed by atoms with Gasteiger partial charge in [-0.15, -0.1) is 0 Å². The maximum Gasteiger partial charge on any atom is 0.221 e. The lowest BCUT2D eigenvalue weighted by atomic mass is 10.1. The van der Waals surface area contributed by atoms with E-state index in [4.69, 9.17) is 28.3 Å². The Morgan fingerprint density at radius 3 is 2.47 bits per heavy atom. The van der Waals surface area contributed by atoms with Crippen molar-refractivity contribution in [2.24, 2.45) is 0 Å². The fourth-order valence-electron chi connectivity index (χ4n) is 1.44. The zero-order chi connectivity index (χ0) is 12.4. The van der Waals surface area contributed by atoms with E-state index in [9.17, 15) is 4.39 Å². The van der Waals surface area contributed by atoms with Gasteiger partial charge in [-0.25, -0.2) is 4.98 Å². The molecule has 2 rings (SSSR count). The van der Waals surface area contributed by atoms with Gasteiger partial charge in [-0.05, 0) is 29.8 Å². The normalized spacial score (nSPS) is 10.6. The topological polar surface area (TPSA) is 33.1 Å². The first kappa shape index (κ1) is 12.3. The van der Waals surface area contributed by atoms with Gasteiger partial charge in [0.15, 0.2) is 0 Å². The SMILES string of the molecule is OCc1ccc(-c2ccc(Cl)c(Cl)c2)c(F)n1. The molecule has 1 aromatic heterocycles. The highest BCUT2D eigenvalue weighted by atomic mass is 35.5. The Morgan fingerprint density at radius 2 is 1.88 bits per heavy atom. The van der Waals surface area contributed by atoms with E-state index < -0.39 is 5.95 Å². The molecule has 0 fully saturated rings. The molecule has 88 valence electrons. The van der Waals surface area contributed by atoms with Gasteiger partial charge in [-0.3, -0.25) is 0 Å². The molecule has 0 bridgehead atoms. The summed E-state index contributed by atoms with van der Waals surface area (Å²) in [5.74, 6) is -0.644. The Labute approximate surface area is 108 Å². The van der Waals surface area contributed by atoms with E-state index in [0.717, 1.165) is 0 Å². The minimum Gasteiger partial charge on any atom is -0.390 e. The predicted molar refractivity (Wildman–Crippen MR) is 65.6 cm³/mol. The molecule has 0 unspecified atom stereocenters. The van der Waals surface area contributed by atoms with E-state index in [1.54, 1.807) is 30.3 Å². The highest BCUT2D eigenvalue weighted by Crippen LogP contribution is 2.29. The van der Waals surface area contributed by atoms with E-state index in [1.165, 1.54) is 0 Å². The lowest BCUT2D eigenvalue weighted by Crippen LogP contribution is -1.95. The molecule has 2 nitrogen and oxygen atoms in total. The van der Waals surface area contributed by atoms with Crippen LogP contribution in [0.3, 0.4) is 0 Å². The van der Waals surface area contributed by atoms with Crippen LogP contribution in [0.1, 0.15) is 5.69 Å². The number of aromatic nitrogens is 1. The maximum absolute atomic E-state index is 13.7. The second kappa shape index (κ2) is 5.00. The summed E-state index contributed by atoms with van der Waals surface area (Å²) >= 11 is 11.6. The van der Waals surface area contributed by atoms with Crippen molar-refractivity contribution in [3.63, 3.8) is 0 Å².